The third-order valence-electron chi connectivity index (χ3n) is 6.34. The van der Waals surface area contributed by atoms with E-state index in [1.807, 2.05) is 26.0 Å². The normalized spacial score (nSPS) is 21.8. The van der Waals surface area contributed by atoms with Crippen LogP contribution in [0.15, 0.2) is 28.4 Å². The number of aliphatic imine (C=N–C) groups is 1. The molecular formula is C26H35NO6. The zero-order chi connectivity index (χ0) is 24.3. The summed E-state index contributed by atoms with van der Waals surface area (Å²) in [6, 6.07) is 3.63. The second-order valence-corrected chi connectivity index (χ2v) is 9.49. The molecule has 1 heterocycles. The minimum absolute atomic E-state index is 0.0163. The van der Waals surface area contributed by atoms with E-state index in [0.29, 0.717) is 48.0 Å². The SMILES string of the molecule is CCCCOC(=O)C1C(C)=NC2=C(C(=O)CC(C)(C)C2)[C@@H]1c1cc(OC)c(OC)c(OC)c1. The van der Waals surface area contributed by atoms with Gasteiger partial charge in [0.15, 0.2) is 17.3 Å². The Morgan fingerprint density at radius 2 is 1.73 bits per heavy atom. The van der Waals surface area contributed by atoms with Gasteiger partial charge in [0.2, 0.25) is 5.75 Å². The molecule has 0 N–H and O–H groups in total. The van der Waals surface area contributed by atoms with Crippen LogP contribution in [0.4, 0.5) is 0 Å². The lowest BCUT2D eigenvalue weighted by Gasteiger charge is -2.39. The number of methoxy groups -OCH3 is 3. The molecule has 0 amide bonds. The van der Waals surface area contributed by atoms with Crippen molar-refractivity contribution in [2.75, 3.05) is 27.9 Å². The quantitative estimate of drug-likeness (QED) is 0.409. The molecule has 2 aliphatic rings. The van der Waals surface area contributed by atoms with Crippen LogP contribution in [-0.4, -0.2) is 45.4 Å². The van der Waals surface area contributed by atoms with E-state index in [1.165, 1.54) is 0 Å². The largest absolute Gasteiger partial charge is 0.493 e. The van der Waals surface area contributed by atoms with Crippen LogP contribution in [0.5, 0.6) is 17.2 Å². The molecule has 0 bridgehead atoms. The highest BCUT2D eigenvalue weighted by molar-refractivity contribution is 6.09. The summed E-state index contributed by atoms with van der Waals surface area (Å²) in [5.41, 5.74) is 2.54. The Kier molecular flexibility index (Phi) is 7.50. The number of nitrogens with zero attached hydrogens (tertiary/aromatic N) is 1. The molecule has 2 atom stereocenters. The van der Waals surface area contributed by atoms with Crippen LogP contribution in [0.1, 0.15) is 64.9 Å². The number of allylic oxidation sites excluding steroid dienone is 2. The van der Waals surface area contributed by atoms with E-state index in [4.69, 9.17) is 23.9 Å². The minimum Gasteiger partial charge on any atom is -0.493 e. The Hall–Kier alpha value is -2.83. The summed E-state index contributed by atoms with van der Waals surface area (Å²) in [5, 5.41) is 0. The summed E-state index contributed by atoms with van der Waals surface area (Å²) in [5.74, 6) is -0.197. The number of carbonyl (C=O) groups is 2. The Balaban J connectivity index is 2.19. The number of unbranched alkanes of at least 4 members (excludes halogenated alkanes) is 1. The fourth-order valence-electron chi connectivity index (χ4n) is 4.80. The first-order valence-electron chi connectivity index (χ1n) is 11.4. The molecule has 1 aromatic rings. The lowest BCUT2D eigenvalue weighted by atomic mass is 9.67. The average Bonchev–Trinajstić information content (AvgIpc) is 2.76. The third kappa shape index (κ3) is 4.92. The predicted molar refractivity (Wildman–Crippen MR) is 126 cm³/mol. The van der Waals surface area contributed by atoms with Crippen molar-refractivity contribution >= 4 is 17.5 Å². The van der Waals surface area contributed by atoms with Gasteiger partial charge in [-0.25, -0.2) is 0 Å². The molecular weight excluding hydrogens is 422 g/mol. The van der Waals surface area contributed by atoms with E-state index in [-0.39, 0.29) is 17.2 Å². The molecule has 1 unspecified atom stereocenters. The van der Waals surface area contributed by atoms with E-state index in [2.05, 4.69) is 13.8 Å². The molecule has 0 saturated heterocycles. The van der Waals surface area contributed by atoms with Crippen LogP contribution < -0.4 is 14.2 Å². The number of hydrogen-bond acceptors (Lipinski definition) is 7. The smallest absolute Gasteiger partial charge is 0.315 e. The minimum atomic E-state index is -0.700. The molecule has 0 aromatic heterocycles. The molecule has 180 valence electrons. The molecule has 0 saturated carbocycles. The zero-order valence-corrected chi connectivity index (χ0v) is 20.7. The highest BCUT2D eigenvalue weighted by Crippen LogP contribution is 2.50. The van der Waals surface area contributed by atoms with Crippen LogP contribution in [-0.2, 0) is 14.3 Å². The first kappa shape index (κ1) is 24.8. The van der Waals surface area contributed by atoms with Gasteiger partial charge in [0, 0.05) is 29.3 Å². The van der Waals surface area contributed by atoms with E-state index < -0.39 is 11.8 Å². The molecule has 3 rings (SSSR count). The Bertz CT molecular complexity index is 965. The first-order valence-corrected chi connectivity index (χ1v) is 11.4. The Labute approximate surface area is 196 Å². The summed E-state index contributed by atoms with van der Waals surface area (Å²) in [4.78, 5) is 31.5. The van der Waals surface area contributed by atoms with Gasteiger partial charge in [-0.05, 0) is 42.9 Å². The Morgan fingerprint density at radius 1 is 1.09 bits per heavy atom. The molecule has 1 aliphatic carbocycles. The van der Waals surface area contributed by atoms with Crippen molar-refractivity contribution in [3.8, 4) is 17.2 Å². The molecule has 7 nitrogen and oxygen atoms in total. The van der Waals surface area contributed by atoms with Gasteiger partial charge >= 0.3 is 5.97 Å². The number of hydrogen-bond donors (Lipinski definition) is 0. The fraction of sp³-hybridized carbons (Fsp3) is 0.577. The highest BCUT2D eigenvalue weighted by atomic mass is 16.5. The van der Waals surface area contributed by atoms with E-state index in [0.717, 1.165) is 24.1 Å². The van der Waals surface area contributed by atoms with Crippen molar-refractivity contribution < 1.29 is 28.5 Å². The van der Waals surface area contributed by atoms with E-state index in [9.17, 15) is 9.59 Å². The molecule has 33 heavy (non-hydrogen) atoms. The van der Waals surface area contributed by atoms with Gasteiger partial charge in [-0.1, -0.05) is 27.2 Å². The summed E-state index contributed by atoms with van der Waals surface area (Å²) >= 11 is 0. The van der Waals surface area contributed by atoms with Gasteiger partial charge in [0.05, 0.1) is 27.9 Å². The van der Waals surface area contributed by atoms with Crippen molar-refractivity contribution in [3.05, 3.63) is 29.0 Å². The number of rotatable bonds is 8. The van der Waals surface area contributed by atoms with Crippen molar-refractivity contribution in [2.45, 2.75) is 59.3 Å². The number of ketones is 1. The molecule has 1 aromatic carbocycles. The van der Waals surface area contributed by atoms with Crippen molar-refractivity contribution in [2.24, 2.45) is 16.3 Å². The van der Waals surface area contributed by atoms with Crippen molar-refractivity contribution in [1.29, 1.82) is 0 Å². The maximum atomic E-state index is 13.4. The van der Waals surface area contributed by atoms with Gasteiger partial charge in [-0.15, -0.1) is 0 Å². The standard InChI is InChI=1S/C26H35NO6/c1-8-9-10-33-25(29)21-15(2)27-17-13-26(3,4)14-18(28)23(17)22(21)16-11-19(30-5)24(32-7)20(12-16)31-6/h11-12,21-22H,8-10,13-14H2,1-7H3/t21?,22-/m1/s1. The second kappa shape index (κ2) is 9.98. The number of esters is 1. The van der Waals surface area contributed by atoms with Gasteiger partial charge in [-0.3, -0.25) is 14.6 Å². The zero-order valence-electron chi connectivity index (χ0n) is 20.7. The monoisotopic (exact) mass is 457 g/mol. The maximum Gasteiger partial charge on any atom is 0.315 e. The first-order chi connectivity index (χ1) is 15.7. The molecule has 0 radical (unpaired) electrons. The van der Waals surface area contributed by atoms with Crippen molar-refractivity contribution in [3.63, 3.8) is 0 Å². The molecule has 1 aliphatic heterocycles. The maximum absolute atomic E-state index is 13.4. The van der Waals surface area contributed by atoms with Gasteiger partial charge in [-0.2, -0.15) is 0 Å². The van der Waals surface area contributed by atoms with Gasteiger partial charge in [0.25, 0.3) is 0 Å². The number of benzene rings is 1. The Morgan fingerprint density at radius 3 is 2.27 bits per heavy atom. The van der Waals surface area contributed by atoms with Crippen molar-refractivity contribution in [1.82, 2.24) is 0 Å². The topological polar surface area (TPSA) is 83.4 Å². The van der Waals surface area contributed by atoms with Crippen LogP contribution in [0.25, 0.3) is 0 Å². The summed E-state index contributed by atoms with van der Waals surface area (Å²) in [6.45, 7) is 8.36. The van der Waals surface area contributed by atoms with E-state index >= 15 is 0 Å². The molecule has 7 heteroatoms. The van der Waals surface area contributed by atoms with Crippen LogP contribution in [0, 0.1) is 11.3 Å². The second-order valence-electron chi connectivity index (χ2n) is 9.49. The fourth-order valence-corrected chi connectivity index (χ4v) is 4.80. The number of Topliss-reactive ketones (excluding diaryl/α,β-unsaturated/α-hetero) is 1. The third-order valence-corrected chi connectivity index (χ3v) is 6.34. The number of ether oxygens (including phenoxy) is 4. The lowest BCUT2D eigenvalue weighted by molar-refractivity contribution is -0.146. The summed E-state index contributed by atoms with van der Waals surface area (Å²) in [7, 11) is 4.63. The summed E-state index contributed by atoms with van der Waals surface area (Å²) < 4.78 is 22.2. The lowest BCUT2D eigenvalue weighted by Crippen LogP contribution is -2.39. The molecule has 0 fully saturated rings. The highest BCUT2D eigenvalue weighted by Gasteiger charge is 2.46. The van der Waals surface area contributed by atoms with Crippen LogP contribution in [0.3, 0.4) is 0 Å². The number of carbonyl (C=O) groups excluding carboxylic acids is 2. The van der Waals surface area contributed by atoms with Crippen LogP contribution in [0.2, 0.25) is 0 Å². The molecule has 0 spiro atoms. The summed E-state index contributed by atoms with van der Waals surface area (Å²) in [6.07, 6.45) is 2.78. The van der Waals surface area contributed by atoms with Gasteiger partial charge < -0.3 is 18.9 Å². The van der Waals surface area contributed by atoms with Crippen LogP contribution >= 0.6 is 0 Å². The average molecular weight is 458 g/mol. The predicted octanol–water partition coefficient (Wildman–Crippen LogP) is 4.87. The van der Waals surface area contributed by atoms with E-state index in [1.54, 1.807) is 21.3 Å². The van der Waals surface area contributed by atoms with Gasteiger partial charge in [0.1, 0.15) is 5.92 Å².